The number of ether oxygens (including phenoxy) is 1. The molecule has 5 heteroatoms. The van der Waals surface area contributed by atoms with Crippen molar-refractivity contribution >= 4 is 0 Å². The number of hydrogen-bond acceptors (Lipinski definition) is 5. The minimum Gasteiger partial charge on any atom is -0.437 e. The van der Waals surface area contributed by atoms with Gasteiger partial charge >= 0.3 is 0 Å². The van der Waals surface area contributed by atoms with Gasteiger partial charge in [-0.2, -0.15) is 0 Å². The maximum Gasteiger partial charge on any atom is 0.227 e. The van der Waals surface area contributed by atoms with Gasteiger partial charge in [-0.25, -0.2) is 9.97 Å². The second kappa shape index (κ2) is 6.37. The largest absolute Gasteiger partial charge is 0.437 e. The van der Waals surface area contributed by atoms with Crippen LogP contribution in [0.1, 0.15) is 11.3 Å². The Balaban J connectivity index is 1.58. The fourth-order valence-electron chi connectivity index (χ4n) is 2.87. The third-order valence-corrected chi connectivity index (χ3v) is 4.17. The molecule has 5 nitrogen and oxygen atoms in total. The molecule has 0 atom stereocenters. The second-order valence-electron chi connectivity index (χ2n) is 5.94. The normalized spacial score (nSPS) is 14.2. The Labute approximate surface area is 141 Å². The van der Waals surface area contributed by atoms with Crippen LogP contribution in [0, 0.1) is 0 Å². The van der Waals surface area contributed by atoms with Gasteiger partial charge in [-0.3, -0.25) is 4.98 Å². The molecule has 1 aromatic carbocycles. The zero-order chi connectivity index (χ0) is 16.4. The Morgan fingerprint density at radius 3 is 2.67 bits per heavy atom. The molecule has 2 aromatic heterocycles. The van der Waals surface area contributed by atoms with Gasteiger partial charge in [0, 0.05) is 25.1 Å². The van der Waals surface area contributed by atoms with Gasteiger partial charge in [0.2, 0.25) is 5.88 Å². The first kappa shape index (κ1) is 14.8. The topological polar surface area (TPSA) is 51.1 Å². The average Bonchev–Trinajstić information content (AvgIpc) is 2.64. The summed E-state index contributed by atoms with van der Waals surface area (Å²) in [7, 11) is 2.09. The number of nitrogens with zero attached hydrogens (tertiary/aromatic N) is 4. The van der Waals surface area contributed by atoms with Crippen molar-refractivity contribution < 1.29 is 4.74 Å². The molecule has 3 heterocycles. The van der Waals surface area contributed by atoms with Gasteiger partial charge in [0.25, 0.3) is 0 Å². The number of pyridine rings is 1. The first-order valence-corrected chi connectivity index (χ1v) is 8.00. The predicted octanol–water partition coefficient (Wildman–Crippen LogP) is 3.32. The van der Waals surface area contributed by atoms with E-state index in [-0.39, 0.29) is 0 Å². The summed E-state index contributed by atoms with van der Waals surface area (Å²) in [4.78, 5) is 15.4. The highest BCUT2D eigenvalue weighted by molar-refractivity contribution is 5.59. The van der Waals surface area contributed by atoms with Gasteiger partial charge in [-0.15, -0.1) is 0 Å². The van der Waals surface area contributed by atoms with E-state index in [0.717, 1.165) is 42.0 Å². The van der Waals surface area contributed by atoms with Gasteiger partial charge in [0.15, 0.2) is 0 Å². The van der Waals surface area contributed by atoms with Crippen LogP contribution in [0.4, 0.5) is 0 Å². The zero-order valence-electron chi connectivity index (χ0n) is 13.5. The molecule has 0 spiro atoms. The van der Waals surface area contributed by atoms with Crippen LogP contribution in [0.2, 0.25) is 0 Å². The van der Waals surface area contributed by atoms with E-state index in [0.29, 0.717) is 11.6 Å². The molecule has 0 bridgehead atoms. The molecular weight excluding hydrogens is 300 g/mol. The molecule has 0 aliphatic carbocycles. The van der Waals surface area contributed by atoms with E-state index < -0.39 is 0 Å². The smallest absolute Gasteiger partial charge is 0.227 e. The summed E-state index contributed by atoms with van der Waals surface area (Å²) in [6.45, 7) is 1.82. The number of aromatic nitrogens is 3. The lowest BCUT2D eigenvalue weighted by Crippen LogP contribution is -2.27. The highest BCUT2D eigenvalue weighted by Gasteiger charge is 2.20. The molecule has 0 unspecified atom stereocenters. The Morgan fingerprint density at radius 1 is 1.00 bits per heavy atom. The highest BCUT2D eigenvalue weighted by atomic mass is 16.5. The van der Waals surface area contributed by atoms with Gasteiger partial charge < -0.3 is 9.64 Å². The molecule has 0 amide bonds. The summed E-state index contributed by atoms with van der Waals surface area (Å²) < 4.78 is 5.98. The van der Waals surface area contributed by atoms with E-state index in [1.165, 1.54) is 0 Å². The summed E-state index contributed by atoms with van der Waals surface area (Å²) in [5.74, 6) is 1.31. The van der Waals surface area contributed by atoms with Crippen molar-refractivity contribution in [3.8, 4) is 22.9 Å². The summed E-state index contributed by atoms with van der Waals surface area (Å²) in [5, 5.41) is 0. The van der Waals surface area contributed by atoms with Gasteiger partial charge in [0.1, 0.15) is 12.1 Å². The summed E-state index contributed by atoms with van der Waals surface area (Å²) in [5.41, 5.74) is 4.16. The standard InChI is InChI=1S/C19H18N4O/c1-23-10-9-18-16(12-23)19(22-13-21-18)24-15-7-8-17(20-11-15)14-5-3-2-4-6-14/h2-8,11,13H,9-10,12H2,1H3. The van der Waals surface area contributed by atoms with Crippen LogP contribution in [-0.4, -0.2) is 33.4 Å². The summed E-state index contributed by atoms with van der Waals surface area (Å²) in [6.07, 6.45) is 4.24. The van der Waals surface area contributed by atoms with Gasteiger partial charge in [-0.1, -0.05) is 30.3 Å². The van der Waals surface area contributed by atoms with Crippen molar-refractivity contribution in [2.24, 2.45) is 0 Å². The van der Waals surface area contributed by atoms with Crippen molar-refractivity contribution in [2.75, 3.05) is 13.6 Å². The molecule has 0 saturated carbocycles. The number of fused-ring (bicyclic) bond motifs is 1. The van der Waals surface area contributed by atoms with Crippen LogP contribution >= 0.6 is 0 Å². The molecule has 24 heavy (non-hydrogen) atoms. The molecular formula is C19H18N4O. The molecule has 0 saturated heterocycles. The Hall–Kier alpha value is -2.79. The van der Waals surface area contributed by atoms with Crippen LogP contribution in [0.15, 0.2) is 55.0 Å². The molecule has 120 valence electrons. The van der Waals surface area contributed by atoms with E-state index in [4.69, 9.17) is 4.74 Å². The lowest BCUT2D eigenvalue weighted by atomic mass is 10.1. The minimum atomic E-state index is 0.626. The number of rotatable bonds is 3. The van der Waals surface area contributed by atoms with E-state index in [1.54, 1.807) is 12.5 Å². The van der Waals surface area contributed by atoms with Crippen molar-refractivity contribution in [3.05, 3.63) is 66.2 Å². The van der Waals surface area contributed by atoms with E-state index in [2.05, 4.69) is 26.9 Å². The van der Waals surface area contributed by atoms with E-state index >= 15 is 0 Å². The maximum absolute atomic E-state index is 5.98. The fourth-order valence-corrected chi connectivity index (χ4v) is 2.87. The van der Waals surface area contributed by atoms with Crippen LogP contribution < -0.4 is 4.74 Å². The molecule has 4 rings (SSSR count). The molecule has 0 fully saturated rings. The fraction of sp³-hybridized carbons (Fsp3) is 0.211. The first-order valence-electron chi connectivity index (χ1n) is 8.00. The van der Waals surface area contributed by atoms with Crippen LogP contribution in [0.3, 0.4) is 0 Å². The van der Waals surface area contributed by atoms with Gasteiger partial charge in [0.05, 0.1) is 23.1 Å². The first-order chi connectivity index (χ1) is 11.8. The summed E-state index contributed by atoms with van der Waals surface area (Å²) >= 11 is 0. The van der Waals surface area contributed by atoms with Crippen molar-refractivity contribution in [1.29, 1.82) is 0 Å². The monoisotopic (exact) mass is 318 g/mol. The maximum atomic E-state index is 5.98. The lowest BCUT2D eigenvalue weighted by Gasteiger charge is -2.24. The van der Waals surface area contributed by atoms with E-state index in [9.17, 15) is 0 Å². The third kappa shape index (κ3) is 2.98. The third-order valence-electron chi connectivity index (χ3n) is 4.17. The molecule has 0 N–H and O–H groups in total. The Bertz CT molecular complexity index is 834. The second-order valence-corrected chi connectivity index (χ2v) is 5.94. The molecule has 1 aliphatic rings. The zero-order valence-corrected chi connectivity index (χ0v) is 13.5. The number of hydrogen-bond donors (Lipinski definition) is 0. The van der Waals surface area contributed by atoms with Crippen LogP contribution in [0.5, 0.6) is 11.6 Å². The van der Waals surface area contributed by atoms with Gasteiger partial charge in [-0.05, 0) is 19.2 Å². The quantitative estimate of drug-likeness (QED) is 0.741. The van der Waals surface area contributed by atoms with Crippen molar-refractivity contribution in [1.82, 2.24) is 19.9 Å². The molecule has 1 aliphatic heterocycles. The van der Waals surface area contributed by atoms with Crippen molar-refractivity contribution in [2.45, 2.75) is 13.0 Å². The molecule has 3 aromatic rings. The number of likely N-dealkylation sites (N-methyl/N-ethyl adjacent to an activating group) is 1. The predicted molar refractivity (Wildman–Crippen MR) is 91.8 cm³/mol. The highest BCUT2D eigenvalue weighted by Crippen LogP contribution is 2.28. The SMILES string of the molecule is CN1CCc2ncnc(Oc3ccc(-c4ccccc4)nc3)c2C1. The lowest BCUT2D eigenvalue weighted by molar-refractivity contribution is 0.300. The average molecular weight is 318 g/mol. The van der Waals surface area contributed by atoms with Crippen molar-refractivity contribution in [3.63, 3.8) is 0 Å². The number of benzene rings is 1. The van der Waals surface area contributed by atoms with Crippen LogP contribution in [0.25, 0.3) is 11.3 Å². The Morgan fingerprint density at radius 2 is 1.88 bits per heavy atom. The Kier molecular flexibility index (Phi) is 3.92. The minimum absolute atomic E-state index is 0.626. The summed E-state index contributed by atoms with van der Waals surface area (Å²) in [6, 6.07) is 14.0. The van der Waals surface area contributed by atoms with E-state index in [1.807, 2.05) is 42.5 Å². The van der Waals surface area contributed by atoms with Crippen LogP contribution in [-0.2, 0) is 13.0 Å². The molecule has 0 radical (unpaired) electrons.